The summed E-state index contributed by atoms with van der Waals surface area (Å²) >= 11 is 0. The van der Waals surface area contributed by atoms with Gasteiger partial charge in [0, 0.05) is 19.8 Å². The minimum absolute atomic E-state index is 0.158. The van der Waals surface area contributed by atoms with Crippen LogP contribution in [0.15, 0.2) is 11.6 Å². The number of fused-ring (bicyclic) bond motifs is 6. The predicted octanol–water partition coefficient (Wildman–Crippen LogP) is 3.51. The van der Waals surface area contributed by atoms with Crippen molar-refractivity contribution in [2.24, 2.45) is 28.6 Å². The fourth-order valence-corrected chi connectivity index (χ4v) is 7.88. The van der Waals surface area contributed by atoms with Crippen molar-refractivity contribution in [3.63, 3.8) is 0 Å². The number of ketones is 1. The average molecular weight is 331 g/mol. The molecule has 0 bridgehead atoms. The Balaban J connectivity index is 1.50. The summed E-state index contributed by atoms with van der Waals surface area (Å²) in [5.41, 5.74) is 1.71. The lowest BCUT2D eigenvalue weighted by atomic mass is 9.46. The summed E-state index contributed by atoms with van der Waals surface area (Å²) in [6, 6.07) is 0. The molecule has 1 aliphatic heterocycles. The van der Waals surface area contributed by atoms with Crippen LogP contribution in [0.1, 0.15) is 72.1 Å². The topological polar surface area (TPSA) is 50.1 Å². The highest BCUT2D eigenvalue weighted by molar-refractivity contribution is 5.91. The molecule has 24 heavy (non-hydrogen) atoms. The van der Waals surface area contributed by atoms with Crippen molar-refractivity contribution in [1.29, 1.82) is 0 Å². The molecule has 5 rings (SSSR count). The van der Waals surface area contributed by atoms with Gasteiger partial charge in [0.2, 0.25) is 0 Å². The largest absolute Gasteiger partial charge is 0.388 e. The molecule has 0 aromatic carbocycles. The van der Waals surface area contributed by atoms with Gasteiger partial charge in [0.25, 0.3) is 5.60 Å². The Morgan fingerprint density at radius 1 is 1.04 bits per heavy atom. The number of hydrogen-bond acceptors (Lipinski definition) is 2. The third-order valence-corrected chi connectivity index (χ3v) is 9.26. The summed E-state index contributed by atoms with van der Waals surface area (Å²) < 4.78 is 4.72. The van der Waals surface area contributed by atoms with Crippen LogP contribution in [0.2, 0.25) is 0 Å². The van der Waals surface area contributed by atoms with E-state index < -0.39 is 5.79 Å². The van der Waals surface area contributed by atoms with Crippen LogP contribution < -0.4 is 0 Å². The van der Waals surface area contributed by atoms with E-state index in [0.717, 1.165) is 37.5 Å². The Morgan fingerprint density at radius 2 is 1.75 bits per heavy atom. The maximum atomic E-state index is 11.9. The lowest BCUT2D eigenvalue weighted by Gasteiger charge is -2.57. The van der Waals surface area contributed by atoms with Gasteiger partial charge in [0.1, 0.15) is 0 Å². The Bertz CT molecular complexity index is 649. The van der Waals surface area contributed by atoms with Crippen LogP contribution >= 0.6 is 0 Å². The van der Waals surface area contributed by atoms with E-state index in [0.29, 0.717) is 11.7 Å². The van der Waals surface area contributed by atoms with Crippen molar-refractivity contribution in [3.05, 3.63) is 11.6 Å². The van der Waals surface area contributed by atoms with Crippen molar-refractivity contribution < 1.29 is 14.6 Å². The fourth-order valence-electron chi connectivity index (χ4n) is 7.88. The molecule has 0 aromatic rings. The number of ether oxygens (including phenoxy) is 1. The summed E-state index contributed by atoms with van der Waals surface area (Å²) in [4.78, 5) is 11.9. The lowest BCUT2D eigenvalue weighted by molar-refractivity contribution is -0.118. The molecule has 0 unspecified atom stereocenters. The highest BCUT2D eigenvalue weighted by atomic mass is 16.8. The Labute approximate surface area is 144 Å². The second kappa shape index (κ2) is 4.35. The number of hydrogen-bond donors (Lipinski definition) is 1. The molecule has 0 amide bonds. The van der Waals surface area contributed by atoms with Gasteiger partial charge in [0.05, 0.1) is 5.41 Å². The monoisotopic (exact) mass is 331 g/mol. The summed E-state index contributed by atoms with van der Waals surface area (Å²) in [6.07, 6.45) is 10.9. The first kappa shape index (κ1) is 15.6. The third-order valence-electron chi connectivity index (χ3n) is 9.26. The third kappa shape index (κ3) is 1.60. The summed E-state index contributed by atoms with van der Waals surface area (Å²) in [5, 5.41) is 10.6. The Morgan fingerprint density at radius 3 is 2.46 bits per heavy atom. The summed E-state index contributed by atoms with van der Waals surface area (Å²) in [6.45, 7) is 6.78. The van der Waals surface area contributed by atoms with Gasteiger partial charge in [-0.25, -0.2) is 0 Å². The molecular formula is C21H31O3+. The highest BCUT2D eigenvalue weighted by Crippen LogP contribution is 2.73. The number of aliphatic hydroxyl groups is 3. The quantitative estimate of drug-likeness (QED) is 0.545. The van der Waals surface area contributed by atoms with Gasteiger partial charge in [-0.1, -0.05) is 19.4 Å². The van der Waals surface area contributed by atoms with Crippen molar-refractivity contribution in [3.8, 4) is 0 Å². The van der Waals surface area contributed by atoms with E-state index >= 15 is 0 Å². The Kier molecular flexibility index (Phi) is 2.82. The normalized spacial score (nSPS) is 58.8. The van der Waals surface area contributed by atoms with Gasteiger partial charge in [-0.15, -0.1) is 0 Å². The second-order valence-corrected chi connectivity index (χ2v) is 9.96. The van der Waals surface area contributed by atoms with Gasteiger partial charge in [-0.05, 0) is 67.8 Å². The van der Waals surface area contributed by atoms with Gasteiger partial charge in [-0.2, -0.15) is 0 Å². The van der Waals surface area contributed by atoms with Crippen molar-refractivity contribution in [2.75, 3.05) is 0 Å². The van der Waals surface area contributed by atoms with E-state index in [4.69, 9.17) is 4.74 Å². The zero-order valence-corrected chi connectivity index (χ0v) is 15.3. The zero-order chi connectivity index (χ0) is 17.0. The first-order valence-electron chi connectivity index (χ1n) is 9.94. The van der Waals surface area contributed by atoms with E-state index in [-0.39, 0.29) is 16.4 Å². The number of epoxide rings is 1. The summed E-state index contributed by atoms with van der Waals surface area (Å²) in [5.74, 6) is 1.73. The molecule has 0 radical (unpaired) electrons. The molecule has 3 saturated carbocycles. The van der Waals surface area contributed by atoms with Gasteiger partial charge in [0.15, 0.2) is 5.78 Å². The molecule has 5 aliphatic rings. The molecule has 2 N–H and O–H groups in total. The molecule has 4 fully saturated rings. The van der Waals surface area contributed by atoms with Gasteiger partial charge in [-0.3, -0.25) is 4.79 Å². The SMILES string of the molecule is C[C@]12CCC(=O)C=C1CC[C@@H]1[C@@H]2CC[C@@]2(C)[C@H]1CC[C@@]21[OH+][C@]1(C)O. The smallest absolute Gasteiger partial charge is 0.346 e. The van der Waals surface area contributed by atoms with E-state index in [1.807, 2.05) is 13.0 Å². The van der Waals surface area contributed by atoms with Crippen LogP contribution in [0.25, 0.3) is 0 Å². The van der Waals surface area contributed by atoms with Crippen LogP contribution in [0.4, 0.5) is 0 Å². The number of carbonyl (C=O) groups is 1. The van der Waals surface area contributed by atoms with Crippen molar-refractivity contribution >= 4 is 5.78 Å². The number of carbonyl (C=O) groups excluding carboxylic acids is 1. The maximum absolute atomic E-state index is 11.9. The average Bonchev–Trinajstić information content (AvgIpc) is 2.96. The van der Waals surface area contributed by atoms with Gasteiger partial charge < -0.3 is 9.84 Å². The standard InChI is InChI=1S/C21H30O3/c1-18-9-6-14(22)12-13(18)4-5-15-16(18)7-10-19(2)17(15)8-11-21(19)20(3,23)24-21/h12,15-17,23H,4-11H2,1-3H3/p+1/t15-,16+,17+,18+,19+,20+,21-/m1/s1. The van der Waals surface area contributed by atoms with Crippen LogP contribution in [-0.4, -0.2) is 27.0 Å². The summed E-state index contributed by atoms with van der Waals surface area (Å²) in [7, 11) is 0. The molecule has 3 heteroatoms. The minimum Gasteiger partial charge on any atom is -0.388 e. The van der Waals surface area contributed by atoms with Crippen LogP contribution in [0.5, 0.6) is 0 Å². The van der Waals surface area contributed by atoms with Crippen molar-refractivity contribution in [1.82, 2.24) is 0 Å². The first-order chi connectivity index (χ1) is 11.2. The van der Waals surface area contributed by atoms with E-state index in [1.54, 1.807) is 0 Å². The first-order valence-corrected chi connectivity index (χ1v) is 9.94. The van der Waals surface area contributed by atoms with Crippen LogP contribution in [0.3, 0.4) is 0 Å². The molecule has 3 nitrogen and oxygen atoms in total. The van der Waals surface area contributed by atoms with Crippen LogP contribution in [0, 0.1) is 28.6 Å². The predicted molar refractivity (Wildman–Crippen MR) is 92.3 cm³/mol. The van der Waals surface area contributed by atoms with Crippen LogP contribution in [-0.2, 0) is 4.79 Å². The minimum atomic E-state index is -0.787. The second-order valence-electron chi connectivity index (χ2n) is 9.96. The molecule has 7 atom stereocenters. The van der Waals surface area contributed by atoms with Crippen molar-refractivity contribution in [2.45, 2.75) is 83.5 Å². The highest BCUT2D eigenvalue weighted by Gasteiger charge is 2.87. The molecule has 0 aromatic heterocycles. The molecule has 132 valence electrons. The molecule has 1 spiro atoms. The Hall–Kier alpha value is -0.670. The molecular weight excluding hydrogens is 300 g/mol. The molecule has 1 heterocycles. The zero-order valence-electron chi connectivity index (χ0n) is 15.3. The fraction of sp³-hybridized carbons (Fsp3) is 0.857. The van der Waals surface area contributed by atoms with Gasteiger partial charge >= 0.3 is 5.79 Å². The van der Waals surface area contributed by atoms with E-state index in [1.165, 1.54) is 31.3 Å². The van der Waals surface area contributed by atoms with E-state index in [2.05, 4.69) is 13.8 Å². The maximum Gasteiger partial charge on any atom is 0.346 e. The molecule has 4 aliphatic carbocycles. The number of allylic oxidation sites excluding steroid dienone is 1. The van der Waals surface area contributed by atoms with E-state index in [9.17, 15) is 9.90 Å². The molecule has 1 saturated heterocycles. The lowest BCUT2D eigenvalue weighted by Crippen LogP contribution is -2.53. The number of rotatable bonds is 0.